The summed E-state index contributed by atoms with van der Waals surface area (Å²) in [6.07, 6.45) is 19.3. The van der Waals surface area contributed by atoms with Gasteiger partial charge in [0.2, 0.25) is 0 Å². The number of carbonyl (C=O) groups is 4. The van der Waals surface area contributed by atoms with E-state index in [1.165, 1.54) is 12.8 Å². The molecule has 10 aliphatic carbocycles. The maximum absolute atomic E-state index is 13.3. The molecule has 2 amide bonds. The first kappa shape index (κ1) is 60.5. The summed E-state index contributed by atoms with van der Waals surface area (Å²) in [7, 11) is 0. The fourth-order valence-electron chi connectivity index (χ4n) is 25.0. The number of carboxylic acids is 2. The van der Waals surface area contributed by atoms with Crippen molar-refractivity contribution in [1.29, 1.82) is 0 Å². The van der Waals surface area contributed by atoms with E-state index in [0.29, 0.717) is 98.7 Å². The highest BCUT2D eigenvalue weighted by atomic mass is 16.6. The molecule has 0 radical (unpaired) electrons. The number of carboxylic acid groups (broad SMARTS) is 2. The van der Waals surface area contributed by atoms with Crippen molar-refractivity contribution in [3.8, 4) is 0 Å². The van der Waals surface area contributed by atoms with Gasteiger partial charge in [-0.1, -0.05) is 96.9 Å². The van der Waals surface area contributed by atoms with Crippen LogP contribution in [0.5, 0.6) is 0 Å². The lowest BCUT2D eigenvalue weighted by atomic mass is 9.32. The minimum absolute atomic E-state index is 0.118. The smallest absolute Gasteiger partial charge is 0.407 e. The largest absolute Gasteiger partial charge is 0.481 e. The molecule has 20 atom stereocenters. The number of ether oxygens (including phenoxy) is 4. The van der Waals surface area contributed by atoms with Crippen LogP contribution in [0.25, 0.3) is 0 Å². The molecule has 0 aromatic rings. The lowest BCUT2D eigenvalue weighted by molar-refractivity contribution is -0.249. The second kappa shape index (κ2) is 21.1. The van der Waals surface area contributed by atoms with Crippen LogP contribution >= 0.6 is 0 Å². The number of fused-ring (bicyclic) bond motifs is 14. The van der Waals surface area contributed by atoms with E-state index in [2.05, 4.69) is 108 Å². The topological polar surface area (TPSA) is 170 Å². The summed E-state index contributed by atoms with van der Waals surface area (Å²) in [5.74, 6) is 4.34. The number of hydrogen-bond donors (Lipinski definition) is 4. The minimum atomic E-state index is -0.550. The molecule has 0 aromatic heterocycles. The van der Waals surface area contributed by atoms with Gasteiger partial charge in [0.15, 0.2) is 0 Å². The summed E-state index contributed by atoms with van der Waals surface area (Å²) in [5, 5.41) is 27.5. The summed E-state index contributed by atoms with van der Waals surface area (Å²) >= 11 is 0. The molecule has 10 rings (SSSR count). The van der Waals surface area contributed by atoms with Gasteiger partial charge in [-0.3, -0.25) is 9.59 Å². The third-order valence-electron chi connectivity index (χ3n) is 29.3. The van der Waals surface area contributed by atoms with Gasteiger partial charge in [0.1, 0.15) is 12.2 Å². The average Bonchev–Trinajstić information content (AvgIpc) is 4.02. The number of alkyl carbamates (subject to hydrolysis) is 2. The molecule has 0 spiro atoms. The van der Waals surface area contributed by atoms with E-state index < -0.39 is 22.8 Å². The molecular weight excluding hydrogens is 1000 g/mol. The monoisotopic (exact) mass is 1120 g/mol. The van der Waals surface area contributed by atoms with Gasteiger partial charge in [-0.25, -0.2) is 9.59 Å². The Labute approximate surface area is 483 Å². The summed E-state index contributed by atoms with van der Waals surface area (Å²) in [6.45, 7) is 36.3. The Morgan fingerprint density at radius 2 is 0.800 bits per heavy atom. The van der Waals surface area contributed by atoms with Crippen molar-refractivity contribution >= 4 is 24.1 Å². The molecule has 10 fully saturated rings. The number of rotatable bonds is 15. The zero-order chi connectivity index (χ0) is 58.0. The van der Waals surface area contributed by atoms with Crippen LogP contribution in [0.1, 0.15) is 225 Å². The first-order chi connectivity index (χ1) is 37.5. The van der Waals surface area contributed by atoms with E-state index in [4.69, 9.17) is 18.9 Å². The Morgan fingerprint density at radius 1 is 0.425 bits per heavy atom. The fourth-order valence-corrected chi connectivity index (χ4v) is 25.0. The summed E-state index contributed by atoms with van der Waals surface area (Å²) in [4.78, 5) is 52.9. The van der Waals surface area contributed by atoms with Gasteiger partial charge in [-0.15, -0.1) is 0 Å². The zero-order valence-corrected chi connectivity index (χ0v) is 52.6. The van der Waals surface area contributed by atoms with Crippen molar-refractivity contribution in [2.24, 2.45) is 125 Å². The van der Waals surface area contributed by atoms with Crippen molar-refractivity contribution < 1.29 is 48.3 Å². The van der Waals surface area contributed by atoms with Crippen molar-refractivity contribution in [1.82, 2.24) is 10.6 Å². The Balaban J connectivity index is 0.630. The van der Waals surface area contributed by atoms with Crippen molar-refractivity contribution in [2.75, 3.05) is 39.5 Å². The molecule has 10 aliphatic rings. The van der Waals surface area contributed by atoms with Crippen LogP contribution in [0.15, 0.2) is 0 Å². The van der Waals surface area contributed by atoms with Gasteiger partial charge in [0, 0.05) is 23.9 Å². The van der Waals surface area contributed by atoms with Gasteiger partial charge in [0.25, 0.3) is 0 Å². The molecule has 454 valence electrons. The van der Waals surface area contributed by atoms with Gasteiger partial charge in [-0.05, 0) is 232 Å². The Hall–Kier alpha value is -2.60. The van der Waals surface area contributed by atoms with Crippen LogP contribution in [-0.2, 0) is 28.5 Å². The van der Waals surface area contributed by atoms with Gasteiger partial charge < -0.3 is 39.8 Å². The highest BCUT2D eigenvalue weighted by molar-refractivity contribution is 5.77. The molecular formula is C68H112N2O10. The SMILES string of the molecule is CC(C)[C@H]1CC[C@@]2(C(=O)O)CC[C@@]3(C)C(CCC4[C@]5(C)CC[C@@H](OC(=O)NCCOCCOCCNC(=O)O[C@@H]6CC[C@@]7(C)C(CC[C@]8(C)C7CCC7C9[C@H](C(C)C)CCC9(C(=O)O)CC[C@]78C)C6(C)C)C(C)(C)C5CC[C@@]43C)C12. The van der Waals surface area contributed by atoms with E-state index in [-0.39, 0.29) is 79.6 Å². The maximum Gasteiger partial charge on any atom is 0.407 e. The first-order valence-electron chi connectivity index (χ1n) is 33.0. The highest BCUT2D eigenvalue weighted by Gasteiger charge is 2.74. The maximum atomic E-state index is 13.3. The molecule has 10 saturated carbocycles. The molecule has 9 unspecified atom stereocenters. The van der Waals surface area contributed by atoms with Crippen LogP contribution in [0.3, 0.4) is 0 Å². The summed E-state index contributed by atoms with van der Waals surface area (Å²) < 4.78 is 24.2. The Morgan fingerprint density at radius 3 is 1.15 bits per heavy atom. The fraction of sp³-hybridized carbons (Fsp3) is 0.941. The zero-order valence-electron chi connectivity index (χ0n) is 52.6. The average molecular weight is 1120 g/mol. The lowest BCUT2D eigenvalue weighted by Gasteiger charge is -2.72. The van der Waals surface area contributed by atoms with E-state index in [1.807, 2.05) is 0 Å². The second-order valence-electron chi connectivity index (χ2n) is 32.8. The minimum Gasteiger partial charge on any atom is -0.481 e. The first-order valence-corrected chi connectivity index (χ1v) is 33.0. The summed E-state index contributed by atoms with van der Waals surface area (Å²) in [5.41, 5.74) is -0.676. The number of nitrogens with one attached hydrogen (secondary N) is 2. The van der Waals surface area contributed by atoms with Crippen LogP contribution in [0.4, 0.5) is 9.59 Å². The predicted molar refractivity (Wildman–Crippen MR) is 311 cm³/mol. The van der Waals surface area contributed by atoms with E-state index in [1.54, 1.807) is 0 Å². The van der Waals surface area contributed by atoms with E-state index >= 15 is 0 Å². The highest BCUT2D eigenvalue weighted by Crippen LogP contribution is 2.80. The van der Waals surface area contributed by atoms with Crippen LogP contribution in [-0.4, -0.2) is 86.1 Å². The standard InChI is InChI=1S/C68H112N2O10/c1-41(2)43-19-29-67(55(71)72)33-31-63(11)45(53(43)67)15-17-49-61(9)25-23-51(59(5,6)47(61)21-27-65(49,63)13)79-57(75)69-35-37-77-39-40-78-38-36-70-58(76)80-52-24-26-62(10)48(60(52,7)8)22-28-66(14)50(62)18-16-46-54-44(42(3)4)20-30-68(54,56(73)74)34-32-64(46,66)12/h41-54H,15-40H2,1-14H3,(H,69,75)(H,70,76)(H,71,72)(H,73,74)/t43-,44+,45?,46?,47?,48?,49?,50?,51-,52-,53?,54?,61-,62+,63+,64-,65+,66-,67-,68?/m1/s1. The number of amides is 2. The predicted octanol–water partition coefficient (Wildman–Crippen LogP) is 14.9. The second-order valence-corrected chi connectivity index (χ2v) is 32.8. The number of aliphatic carboxylic acids is 2. The molecule has 0 bridgehead atoms. The molecule has 0 aromatic carbocycles. The number of carbonyl (C=O) groups excluding carboxylic acids is 2. The molecule has 0 aliphatic heterocycles. The normalized spacial score (nSPS) is 47.6. The van der Waals surface area contributed by atoms with Crippen LogP contribution < -0.4 is 10.6 Å². The van der Waals surface area contributed by atoms with E-state index in [0.717, 1.165) is 116 Å². The Kier molecular flexibility index (Phi) is 16.0. The van der Waals surface area contributed by atoms with Crippen LogP contribution in [0, 0.1) is 125 Å². The molecule has 12 nitrogen and oxygen atoms in total. The number of hydrogen-bond acceptors (Lipinski definition) is 8. The third kappa shape index (κ3) is 8.91. The van der Waals surface area contributed by atoms with Crippen molar-refractivity contribution in [3.05, 3.63) is 0 Å². The molecule has 80 heavy (non-hydrogen) atoms. The van der Waals surface area contributed by atoms with Crippen LogP contribution in [0.2, 0.25) is 0 Å². The van der Waals surface area contributed by atoms with E-state index in [9.17, 15) is 29.4 Å². The van der Waals surface area contributed by atoms with Gasteiger partial charge in [-0.2, -0.15) is 0 Å². The quantitative estimate of drug-likeness (QED) is 0.116. The molecule has 4 N–H and O–H groups in total. The molecule has 0 saturated heterocycles. The lowest BCUT2D eigenvalue weighted by Crippen LogP contribution is -2.67. The van der Waals surface area contributed by atoms with Gasteiger partial charge in [0.05, 0.1) is 37.3 Å². The molecule has 12 heteroatoms. The van der Waals surface area contributed by atoms with Gasteiger partial charge >= 0.3 is 24.1 Å². The Bertz CT molecular complexity index is 2180. The van der Waals surface area contributed by atoms with Crippen molar-refractivity contribution in [2.45, 2.75) is 238 Å². The third-order valence-corrected chi connectivity index (χ3v) is 29.3. The van der Waals surface area contributed by atoms with Crippen molar-refractivity contribution in [3.63, 3.8) is 0 Å². The summed E-state index contributed by atoms with van der Waals surface area (Å²) in [6, 6.07) is 0. The molecule has 0 heterocycles.